The number of aromatic nitrogens is 2. The van der Waals surface area contributed by atoms with Crippen LogP contribution in [0.25, 0.3) is 10.1 Å². The lowest BCUT2D eigenvalue weighted by atomic mass is 10.2. The van der Waals surface area contributed by atoms with Crippen molar-refractivity contribution in [3.8, 4) is 0 Å². The van der Waals surface area contributed by atoms with Gasteiger partial charge in [-0.2, -0.15) is 5.10 Å². The third kappa shape index (κ3) is 3.49. The molecule has 9 heteroatoms. The van der Waals surface area contributed by atoms with Gasteiger partial charge >= 0.3 is 5.97 Å². The van der Waals surface area contributed by atoms with Gasteiger partial charge in [0.25, 0.3) is 0 Å². The van der Waals surface area contributed by atoms with Crippen molar-refractivity contribution < 1.29 is 14.3 Å². The third-order valence-electron chi connectivity index (χ3n) is 3.90. The fraction of sp³-hybridized carbons (Fsp3) is 0.235. The highest BCUT2D eigenvalue weighted by atomic mass is 79.9. The molecular formula is C17H15BrClN3O3S. The van der Waals surface area contributed by atoms with Crippen LogP contribution in [0.4, 0.5) is 5.69 Å². The van der Waals surface area contributed by atoms with E-state index in [1.54, 1.807) is 36.0 Å². The van der Waals surface area contributed by atoms with Crippen LogP contribution < -0.4 is 5.32 Å². The standard InChI is InChI=1S/C17H15BrClN3O3S/c1-8-12(18)7-22(21-8)9(2)16(23)20-10-4-5-11-13(6-10)26-15(14(11)19)17(24)25-3/h4-7,9H,1-3H3,(H,20,23). The van der Waals surface area contributed by atoms with Crippen LogP contribution in [0.15, 0.2) is 28.9 Å². The second-order valence-corrected chi connectivity index (χ2v) is 7.94. The summed E-state index contributed by atoms with van der Waals surface area (Å²) in [5.41, 5.74) is 1.43. The molecule has 0 fully saturated rings. The highest BCUT2D eigenvalue weighted by Gasteiger charge is 2.20. The lowest BCUT2D eigenvalue weighted by Crippen LogP contribution is -2.24. The average Bonchev–Trinajstić information content (AvgIpc) is 3.13. The van der Waals surface area contributed by atoms with Crippen LogP contribution in [0, 0.1) is 6.92 Å². The monoisotopic (exact) mass is 455 g/mol. The van der Waals surface area contributed by atoms with Crippen LogP contribution in [0.3, 0.4) is 0 Å². The average molecular weight is 457 g/mol. The summed E-state index contributed by atoms with van der Waals surface area (Å²) in [6.07, 6.45) is 1.77. The molecule has 1 amide bonds. The first-order valence-corrected chi connectivity index (χ1v) is 9.63. The van der Waals surface area contributed by atoms with Crippen molar-refractivity contribution in [2.75, 3.05) is 12.4 Å². The van der Waals surface area contributed by atoms with Gasteiger partial charge in [-0.1, -0.05) is 11.6 Å². The van der Waals surface area contributed by atoms with Crippen LogP contribution in [-0.2, 0) is 9.53 Å². The SMILES string of the molecule is COC(=O)c1sc2cc(NC(=O)C(C)n3cc(Br)c(C)n3)ccc2c1Cl. The minimum absolute atomic E-state index is 0.199. The van der Waals surface area contributed by atoms with Gasteiger partial charge in [-0.15, -0.1) is 11.3 Å². The number of benzene rings is 1. The van der Waals surface area contributed by atoms with Gasteiger partial charge in [0.2, 0.25) is 5.91 Å². The van der Waals surface area contributed by atoms with Crippen molar-refractivity contribution in [1.82, 2.24) is 9.78 Å². The van der Waals surface area contributed by atoms with Gasteiger partial charge in [-0.3, -0.25) is 9.48 Å². The molecule has 0 aliphatic heterocycles. The number of esters is 1. The molecule has 0 saturated carbocycles. The van der Waals surface area contributed by atoms with Crippen molar-refractivity contribution in [1.29, 1.82) is 0 Å². The molecule has 26 heavy (non-hydrogen) atoms. The first kappa shape index (κ1) is 18.9. The molecule has 1 N–H and O–H groups in total. The maximum atomic E-state index is 12.5. The number of rotatable bonds is 4. The molecule has 136 valence electrons. The van der Waals surface area contributed by atoms with Crippen molar-refractivity contribution in [2.24, 2.45) is 0 Å². The van der Waals surface area contributed by atoms with Crippen molar-refractivity contribution >= 4 is 66.5 Å². The summed E-state index contributed by atoms with van der Waals surface area (Å²) >= 11 is 10.9. The molecule has 3 rings (SSSR count). The zero-order valence-corrected chi connectivity index (χ0v) is 17.3. The Labute approximate surface area is 167 Å². The zero-order valence-electron chi connectivity index (χ0n) is 14.2. The molecule has 1 unspecified atom stereocenters. The van der Waals surface area contributed by atoms with Gasteiger partial charge in [0.1, 0.15) is 10.9 Å². The molecule has 1 aromatic carbocycles. The molecule has 1 atom stereocenters. The van der Waals surface area contributed by atoms with E-state index in [4.69, 9.17) is 16.3 Å². The Hall–Kier alpha value is -1.90. The molecule has 0 bridgehead atoms. The summed E-state index contributed by atoms with van der Waals surface area (Å²) in [6.45, 7) is 3.63. The van der Waals surface area contributed by atoms with Crippen molar-refractivity contribution in [3.63, 3.8) is 0 Å². The Morgan fingerprint density at radius 1 is 1.42 bits per heavy atom. The molecule has 6 nitrogen and oxygen atoms in total. The normalized spacial score (nSPS) is 12.2. The number of methoxy groups -OCH3 is 1. The number of halogens is 2. The van der Waals surface area contributed by atoms with E-state index in [9.17, 15) is 9.59 Å². The highest BCUT2D eigenvalue weighted by Crippen LogP contribution is 2.37. The minimum Gasteiger partial charge on any atom is -0.465 e. The maximum absolute atomic E-state index is 12.5. The fourth-order valence-electron chi connectivity index (χ4n) is 2.39. The molecule has 0 saturated heterocycles. The molecule has 2 heterocycles. The first-order valence-electron chi connectivity index (χ1n) is 7.64. The van der Waals surface area contributed by atoms with Gasteiger partial charge in [-0.05, 0) is 48.0 Å². The highest BCUT2D eigenvalue weighted by molar-refractivity contribution is 9.10. The predicted molar refractivity (Wildman–Crippen MR) is 106 cm³/mol. The number of thiophene rings is 1. The van der Waals surface area contributed by atoms with E-state index >= 15 is 0 Å². The molecule has 0 aliphatic carbocycles. The Bertz CT molecular complexity index is 995. The van der Waals surface area contributed by atoms with Crippen LogP contribution in [0.1, 0.15) is 28.3 Å². The summed E-state index contributed by atoms with van der Waals surface area (Å²) in [4.78, 5) is 24.6. The molecule has 0 spiro atoms. The number of hydrogen-bond donors (Lipinski definition) is 1. The minimum atomic E-state index is -0.478. The summed E-state index contributed by atoms with van der Waals surface area (Å²) < 4.78 is 7.98. The van der Waals surface area contributed by atoms with Crippen LogP contribution in [-0.4, -0.2) is 28.8 Å². The number of carbonyl (C=O) groups excluding carboxylic acids is 2. The van der Waals surface area contributed by atoms with E-state index in [0.29, 0.717) is 15.6 Å². The molecule has 3 aromatic rings. The Balaban J connectivity index is 1.84. The number of anilines is 1. The van der Waals surface area contributed by atoms with Gasteiger partial charge in [0.15, 0.2) is 0 Å². The molecular weight excluding hydrogens is 442 g/mol. The van der Waals surface area contributed by atoms with Gasteiger partial charge in [0.05, 0.1) is 22.3 Å². The van der Waals surface area contributed by atoms with Crippen molar-refractivity contribution in [2.45, 2.75) is 19.9 Å². The van der Waals surface area contributed by atoms with Gasteiger partial charge in [-0.25, -0.2) is 4.79 Å². The molecule has 0 radical (unpaired) electrons. The van der Waals surface area contributed by atoms with E-state index in [-0.39, 0.29) is 5.91 Å². The first-order chi connectivity index (χ1) is 12.3. The number of fused-ring (bicyclic) bond motifs is 1. The summed E-state index contributed by atoms with van der Waals surface area (Å²) in [5.74, 6) is -0.676. The number of amides is 1. The number of ether oxygens (including phenoxy) is 1. The van der Waals surface area contributed by atoms with Crippen molar-refractivity contribution in [3.05, 3.63) is 44.5 Å². The smallest absolute Gasteiger partial charge is 0.349 e. The van der Waals surface area contributed by atoms with E-state index in [0.717, 1.165) is 20.3 Å². The largest absolute Gasteiger partial charge is 0.465 e. The van der Waals surface area contributed by atoms with Crippen LogP contribution in [0.2, 0.25) is 5.02 Å². The predicted octanol–water partition coefficient (Wildman–Crippen LogP) is 4.81. The number of nitrogens with zero attached hydrogens (tertiary/aromatic N) is 2. The fourth-order valence-corrected chi connectivity index (χ4v) is 4.15. The summed E-state index contributed by atoms with van der Waals surface area (Å²) in [5, 5.41) is 8.28. The van der Waals surface area contributed by atoms with E-state index in [1.165, 1.54) is 18.4 Å². The second kappa shape index (κ2) is 7.38. The summed E-state index contributed by atoms with van der Waals surface area (Å²) in [6, 6.07) is 4.83. The quantitative estimate of drug-likeness (QED) is 0.572. The van der Waals surface area contributed by atoms with Gasteiger partial charge < -0.3 is 10.1 Å². The molecule has 0 aliphatic rings. The lowest BCUT2D eigenvalue weighted by molar-refractivity contribution is -0.119. The Morgan fingerprint density at radius 3 is 2.77 bits per heavy atom. The Kier molecular flexibility index (Phi) is 5.36. The van der Waals surface area contributed by atoms with E-state index in [1.807, 2.05) is 6.92 Å². The van der Waals surface area contributed by atoms with Crippen LogP contribution in [0.5, 0.6) is 0 Å². The number of aryl methyl sites for hydroxylation is 1. The number of nitrogens with one attached hydrogen (secondary N) is 1. The second-order valence-electron chi connectivity index (χ2n) is 5.66. The number of hydrogen-bond acceptors (Lipinski definition) is 5. The summed E-state index contributed by atoms with van der Waals surface area (Å²) in [7, 11) is 1.31. The Morgan fingerprint density at radius 2 is 2.15 bits per heavy atom. The molecule has 2 aromatic heterocycles. The zero-order chi connectivity index (χ0) is 19.0. The lowest BCUT2D eigenvalue weighted by Gasteiger charge is -2.12. The topological polar surface area (TPSA) is 73.2 Å². The third-order valence-corrected chi connectivity index (χ3v) is 6.32. The maximum Gasteiger partial charge on any atom is 0.349 e. The van der Waals surface area contributed by atoms with Crippen LogP contribution >= 0.6 is 38.9 Å². The van der Waals surface area contributed by atoms with E-state index < -0.39 is 12.0 Å². The van der Waals surface area contributed by atoms with Gasteiger partial charge in [0, 0.05) is 22.0 Å². The van der Waals surface area contributed by atoms with E-state index in [2.05, 4.69) is 26.3 Å². The number of carbonyl (C=O) groups is 2.